The highest BCUT2D eigenvalue weighted by Crippen LogP contribution is 2.28. The van der Waals surface area contributed by atoms with Crippen LogP contribution in [0.25, 0.3) is 0 Å². The average molecular weight is 328 g/mol. The Balaban J connectivity index is 2.26. The van der Waals surface area contributed by atoms with Gasteiger partial charge in [0.05, 0.1) is 5.69 Å². The molecule has 0 atom stereocenters. The number of thiophene rings is 1. The van der Waals surface area contributed by atoms with Crippen molar-refractivity contribution in [3.8, 4) is 0 Å². The molecule has 0 bridgehead atoms. The summed E-state index contributed by atoms with van der Waals surface area (Å²) in [6, 6.07) is 9.07. The number of anilines is 1. The van der Waals surface area contributed by atoms with Gasteiger partial charge in [-0.2, -0.15) is 0 Å². The molecule has 7 heteroatoms. The number of sulfonamides is 1. The monoisotopic (exact) mass is 328 g/mol. The first-order valence-corrected chi connectivity index (χ1v) is 9.53. The maximum Gasteiger partial charge on any atom is 0.271 e. The minimum absolute atomic E-state index is 0.332. The highest BCUT2D eigenvalue weighted by molar-refractivity contribution is 7.99. The van der Waals surface area contributed by atoms with Crippen molar-refractivity contribution in [1.82, 2.24) is 5.32 Å². The maximum absolute atomic E-state index is 12.4. The zero-order valence-electron chi connectivity index (χ0n) is 11.2. The third kappa shape index (κ3) is 3.54. The van der Waals surface area contributed by atoms with Crippen LogP contribution >= 0.6 is 23.1 Å². The summed E-state index contributed by atoms with van der Waals surface area (Å²) in [5.74, 6) is 0. The van der Waals surface area contributed by atoms with Crippen LogP contribution in [-0.2, 0) is 16.6 Å². The Hall–Kier alpha value is -1.02. The van der Waals surface area contributed by atoms with Crippen LogP contribution in [0.5, 0.6) is 0 Å². The van der Waals surface area contributed by atoms with Crippen molar-refractivity contribution >= 4 is 38.8 Å². The van der Waals surface area contributed by atoms with Crippen molar-refractivity contribution < 1.29 is 8.42 Å². The van der Waals surface area contributed by atoms with Gasteiger partial charge in [0.25, 0.3) is 10.0 Å². The lowest BCUT2D eigenvalue weighted by Gasteiger charge is -2.09. The predicted octanol–water partition coefficient (Wildman–Crippen LogP) is 2.99. The molecule has 2 N–H and O–H groups in total. The van der Waals surface area contributed by atoms with E-state index < -0.39 is 10.0 Å². The minimum atomic E-state index is -3.52. The first-order valence-electron chi connectivity index (χ1n) is 5.94. The van der Waals surface area contributed by atoms with Gasteiger partial charge in [-0.1, -0.05) is 12.1 Å². The second kappa shape index (κ2) is 6.62. The van der Waals surface area contributed by atoms with Crippen LogP contribution in [0.2, 0.25) is 0 Å². The van der Waals surface area contributed by atoms with Crippen molar-refractivity contribution in [2.45, 2.75) is 15.6 Å². The molecule has 20 heavy (non-hydrogen) atoms. The number of nitrogens with one attached hydrogen (secondary N) is 2. The van der Waals surface area contributed by atoms with Gasteiger partial charge in [-0.25, -0.2) is 8.42 Å². The molecule has 4 nitrogen and oxygen atoms in total. The van der Waals surface area contributed by atoms with E-state index in [-0.39, 0.29) is 0 Å². The Morgan fingerprint density at radius 2 is 2.05 bits per heavy atom. The van der Waals surface area contributed by atoms with Crippen LogP contribution in [0.1, 0.15) is 5.56 Å². The molecule has 108 valence electrons. The second-order valence-electron chi connectivity index (χ2n) is 4.11. The molecule has 0 fully saturated rings. The topological polar surface area (TPSA) is 58.2 Å². The lowest BCUT2D eigenvalue weighted by Crippen LogP contribution is -2.12. The van der Waals surface area contributed by atoms with E-state index in [2.05, 4.69) is 10.0 Å². The fraction of sp³-hybridized carbons (Fsp3) is 0.231. The smallest absolute Gasteiger partial charge is 0.271 e. The fourth-order valence-corrected chi connectivity index (χ4v) is 4.62. The molecule has 1 aromatic carbocycles. The number of hydrogen-bond donors (Lipinski definition) is 2. The summed E-state index contributed by atoms with van der Waals surface area (Å²) in [7, 11) is -1.68. The Labute approximate surface area is 127 Å². The molecule has 0 spiro atoms. The average Bonchev–Trinajstić information content (AvgIpc) is 2.89. The van der Waals surface area contributed by atoms with Gasteiger partial charge in [-0.15, -0.1) is 23.1 Å². The van der Waals surface area contributed by atoms with Gasteiger partial charge in [0, 0.05) is 11.4 Å². The number of hydrogen-bond acceptors (Lipinski definition) is 5. The Morgan fingerprint density at radius 1 is 1.30 bits per heavy atom. The van der Waals surface area contributed by atoms with Crippen LogP contribution in [0.3, 0.4) is 0 Å². The summed E-state index contributed by atoms with van der Waals surface area (Å²) >= 11 is 2.74. The van der Waals surface area contributed by atoms with Crippen molar-refractivity contribution in [3.63, 3.8) is 0 Å². The van der Waals surface area contributed by atoms with Gasteiger partial charge in [0.15, 0.2) is 0 Å². The summed E-state index contributed by atoms with van der Waals surface area (Å²) in [6.07, 6.45) is 1.92. The van der Waals surface area contributed by atoms with E-state index in [1.165, 1.54) is 23.1 Å². The Bertz CT molecular complexity index is 680. The van der Waals surface area contributed by atoms with E-state index in [9.17, 15) is 8.42 Å². The molecule has 0 aliphatic rings. The summed E-state index contributed by atoms with van der Waals surface area (Å²) in [5, 5.41) is 4.86. The molecule has 2 rings (SSSR count). The van der Waals surface area contributed by atoms with Gasteiger partial charge in [-0.05, 0) is 42.4 Å². The van der Waals surface area contributed by atoms with Crippen molar-refractivity contribution in [2.24, 2.45) is 0 Å². The predicted molar refractivity (Wildman–Crippen MR) is 86.1 cm³/mol. The first-order chi connectivity index (χ1) is 9.56. The van der Waals surface area contributed by atoms with E-state index in [1.807, 2.05) is 36.9 Å². The van der Waals surface area contributed by atoms with Crippen molar-refractivity contribution in [1.29, 1.82) is 0 Å². The number of rotatable bonds is 6. The third-order valence-electron chi connectivity index (χ3n) is 2.63. The van der Waals surface area contributed by atoms with Gasteiger partial charge in [0.2, 0.25) is 0 Å². The van der Waals surface area contributed by atoms with E-state index in [1.54, 1.807) is 12.1 Å². The normalized spacial score (nSPS) is 11.5. The lowest BCUT2D eigenvalue weighted by molar-refractivity contribution is 0.603. The summed E-state index contributed by atoms with van der Waals surface area (Å²) in [5.41, 5.74) is 1.58. The molecule has 0 aliphatic heterocycles. The van der Waals surface area contributed by atoms with Crippen LogP contribution in [-0.4, -0.2) is 21.7 Å². The summed E-state index contributed by atoms with van der Waals surface area (Å²) < 4.78 is 27.7. The van der Waals surface area contributed by atoms with Gasteiger partial charge < -0.3 is 5.32 Å². The SMILES string of the molecule is CNCc1csc(S(=O)(=O)Nc2ccccc2SC)c1. The molecule has 0 radical (unpaired) electrons. The number of thioether (sulfide) groups is 1. The fourth-order valence-electron chi connectivity index (χ4n) is 1.71. The first kappa shape index (κ1) is 15.4. The zero-order chi connectivity index (χ0) is 14.6. The van der Waals surface area contributed by atoms with E-state index in [4.69, 9.17) is 0 Å². The largest absolute Gasteiger partial charge is 0.316 e. The summed E-state index contributed by atoms with van der Waals surface area (Å²) in [6.45, 7) is 0.660. The molecule has 0 saturated heterocycles. The zero-order valence-corrected chi connectivity index (χ0v) is 13.7. The lowest BCUT2D eigenvalue weighted by atomic mass is 10.3. The highest BCUT2D eigenvalue weighted by atomic mass is 32.2. The number of benzene rings is 1. The number of para-hydroxylation sites is 1. The molecule has 1 aromatic heterocycles. The molecule has 0 amide bonds. The minimum Gasteiger partial charge on any atom is -0.316 e. The van der Waals surface area contributed by atoms with E-state index in [0.717, 1.165) is 10.5 Å². The van der Waals surface area contributed by atoms with Crippen LogP contribution in [0, 0.1) is 0 Å². The molecular formula is C13H16N2O2S3. The van der Waals surface area contributed by atoms with Crippen molar-refractivity contribution in [2.75, 3.05) is 18.0 Å². The third-order valence-corrected chi connectivity index (χ3v) is 6.28. The second-order valence-corrected chi connectivity index (χ2v) is 7.78. The quantitative estimate of drug-likeness (QED) is 0.801. The maximum atomic E-state index is 12.4. The van der Waals surface area contributed by atoms with Gasteiger partial charge >= 0.3 is 0 Å². The molecule has 1 heterocycles. The Kier molecular flexibility index (Phi) is 5.09. The van der Waals surface area contributed by atoms with E-state index in [0.29, 0.717) is 16.4 Å². The van der Waals surface area contributed by atoms with E-state index >= 15 is 0 Å². The molecule has 0 aliphatic carbocycles. The highest BCUT2D eigenvalue weighted by Gasteiger charge is 2.18. The Morgan fingerprint density at radius 3 is 2.75 bits per heavy atom. The standard InChI is InChI=1S/C13H16N2O2S3/c1-14-8-10-7-13(19-9-10)20(16,17)15-11-5-3-4-6-12(11)18-2/h3-7,9,14-15H,8H2,1-2H3. The van der Waals surface area contributed by atoms with Crippen LogP contribution in [0.4, 0.5) is 5.69 Å². The molecular weight excluding hydrogens is 312 g/mol. The van der Waals surface area contributed by atoms with Gasteiger partial charge in [-0.3, -0.25) is 4.72 Å². The summed E-state index contributed by atoms with van der Waals surface area (Å²) in [4.78, 5) is 0.906. The van der Waals surface area contributed by atoms with Gasteiger partial charge in [0.1, 0.15) is 4.21 Å². The van der Waals surface area contributed by atoms with Crippen molar-refractivity contribution in [3.05, 3.63) is 41.3 Å². The van der Waals surface area contributed by atoms with Crippen LogP contribution < -0.4 is 10.0 Å². The molecule has 0 saturated carbocycles. The molecule has 0 unspecified atom stereocenters. The van der Waals surface area contributed by atoms with Crippen LogP contribution in [0.15, 0.2) is 44.8 Å². The molecule has 2 aromatic rings.